The van der Waals surface area contributed by atoms with Gasteiger partial charge in [-0.05, 0) is 13.5 Å². The van der Waals surface area contributed by atoms with Crippen LogP contribution in [0.5, 0.6) is 0 Å². The molecule has 9 heavy (non-hydrogen) atoms. The molecular weight excluding hydrogens is 118 g/mol. The van der Waals surface area contributed by atoms with E-state index in [9.17, 15) is 4.79 Å². The Morgan fingerprint density at radius 1 is 2.00 bits per heavy atom. The van der Waals surface area contributed by atoms with Gasteiger partial charge < -0.3 is 10.4 Å². The lowest BCUT2D eigenvalue weighted by atomic mass is 10.2. The van der Waals surface area contributed by atoms with Crippen LogP contribution in [0.3, 0.4) is 0 Å². The van der Waals surface area contributed by atoms with Crippen molar-refractivity contribution in [2.75, 3.05) is 7.05 Å². The monoisotopic (exact) mass is 129 g/mol. The van der Waals surface area contributed by atoms with Crippen LogP contribution in [0.2, 0.25) is 0 Å². The zero-order valence-electron chi connectivity index (χ0n) is 5.42. The summed E-state index contributed by atoms with van der Waals surface area (Å²) in [6.07, 6.45) is 2.04. The molecule has 0 aromatic rings. The van der Waals surface area contributed by atoms with Gasteiger partial charge in [-0.15, -0.1) is 6.58 Å². The van der Waals surface area contributed by atoms with Gasteiger partial charge in [0.15, 0.2) is 0 Å². The Kier molecular flexibility index (Phi) is 3.71. The molecule has 1 atom stereocenters. The van der Waals surface area contributed by atoms with Crippen molar-refractivity contribution in [3.05, 3.63) is 12.7 Å². The third kappa shape index (κ3) is 2.87. The minimum atomic E-state index is -0.836. The van der Waals surface area contributed by atoms with Crippen LogP contribution in [0.4, 0.5) is 0 Å². The first-order valence-electron chi connectivity index (χ1n) is 2.73. The van der Waals surface area contributed by atoms with Crippen molar-refractivity contribution in [1.29, 1.82) is 0 Å². The third-order valence-electron chi connectivity index (χ3n) is 1.05. The molecule has 0 unspecified atom stereocenters. The molecule has 0 fully saturated rings. The predicted octanol–water partition coefficient (Wildman–Crippen LogP) is 0.235. The average Bonchev–Trinajstić information content (AvgIpc) is 1.82. The number of carbonyl (C=O) groups is 1. The lowest BCUT2D eigenvalue weighted by Crippen LogP contribution is -2.32. The van der Waals surface area contributed by atoms with Crippen LogP contribution in [0, 0.1) is 0 Å². The average molecular weight is 129 g/mol. The number of hydrogen-bond donors (Lipinski definition) is 2. The molecule has 0 amide bonds. The first-order chi connectivity index (χ1) is 4.22. The number of nitrogens with one attached hydrogen (secondary N) is 1. The minimum Gasteiger partial charge on any atom is -0.480 e. The van der Waals surface area contributed by atoms with Crippen molar-refractivity contribution in [3.8, 4) is 0 Å². The van der Waals surface area contributed by atoms with Crippen molar-refractivity contribution in [1.82, 2.24) is 5.32 Å². The first-order valence-corrected chi connectivity index (χ1v) is 2.73. The summed E-state index contributed by atoms with van der Waals surface area (Å²) >= 11 is 0. The van der Waals surface area contributed by atoms with Gasteiger partial charge in [-0.1, -0.05) is 6.08 Å². The second-order valence-electron chi connectivity index (χ2n) is 1.70. The Morgan fingerprint density at radius 2 is 2.56 bits per heavy atom. The Labute approximate surface area is 54.4 Å². The third-order valence-corrected chi connectivity index (χ3v) is 1.05. The normalized spacial score (nSPS) is 12.6. The molecular formula is C6H11NO2. The Morgan fingerprint density at radius 3 is 2.67 bits per heavy atom. The van der Waals surface area contributed by atoms with Crippen molar-refractivity contribution in [3.63, 3.8) is 0 Å². The molecule has 0 spiro atoms. The molecule has 0 heterocycles. The highest BCUT2D eigenvalue weighted by atomic mass is 16.4. The minimum absolute atomic E-state index is 0.464. The van der Waals surface area contributed by atoms with Crippen molar-refractivity contribution in [2.45, 2.75) is 12.5 Å². The van der Waals surface area contributed by atoms with Crippen LogP contribution in [0.1, 0.15) is 6.42 Å². The quantitative estimate of drug-likeness (QED) is 0.534. The molecule has 3 nitrogen and oxygen atoms in total. The van der Waals surface area contributed by atoms with E-state index in [4.69, 9.17) is 5.11 Å². The number of hydrogen-bond acceptors (Lipinski definition) is 2. The first kappa shape index (κ1) is 8.17. The molecule has 0 aliphatic heterocycles. The number of carboxylic acid groups (broad SMARTS) is 1. The number of likely N-dealkylation sites (N-methyl/N-ethyl adjacent to an activating group) is 1. The summed E-state index contributed by atoms with van der Waals surface area (Å²) in [5.41, 5.74) is 0. The van der Waals surface area contributed by atoms with Crippen molar-refractivity contribution >= 4 is 5.97 Å². The fraction of sp³-hybridized carbons (Fsp3) is 0.500. The zero-order chi connectivity index (χ0) is 7.28. The highest BCUT2D eigenvalue weighted by Crippen LogP contribution is 1.90. The van der Waals surface area contributed by atoms with Crippen LogP contribution >= 0.6 is 0 Å². The van der Waals surface area contributed by atoms with E-state index in [1.165, 1.54) is 0 Å². The summed E-state index contributed by atoms with van der Waals surface area (Å²) in [4.78, 5) is 10.2. The van der Waals surface area contributed by atoms with Gasteiger partial charge in [-0.3, -0.25) is 4.79 Å². The van der Waals surface area contributed by atoms with E-state index >= 15 is 0 Å². The summed E-state index contributed by atoms with van der Waals surface area (Å²) < 4.78 is 0. The number of carboxylic acids is 1. The molecule has 0 aliphatic carbocycles. The second kappa shape index (κ2) is 4.09. The second-order valence-corrected chi connectivity index (χ2v) is 1.70. The highest BCUT2D eigenvalue weighted by molar-refractivity contribution is 5.73. The largest absolute Gasteiger partial charge is 0.480 e. The SMILES string of the molecule is C=CC[C@H](NC)C(=O)O. The van der Waals surface area contributed by atoms with Crippen LogP contribution in [-0.4, -0.2) is 24.2 Å². The van der Waals surface area contributed by atoms with Crippen LogP contribution in [0.15, 0.2) is 12.7 Å². The zero-order valence-corrected chi connectivity index (χ0v) is 5.42. The summed E-state index contributed by atoms with van der Waals surface area (Å²) in [5, 5.41) is 11.0. The van der Waals surface area contributed by atoms with Crippen molar-refractivity contribution in [2.24, 2.45) is 0 Å². The maximum Gasteiger partial charge on any atom is 0.321 e. The molecule has 3 heteroatoms. The summed E-state index contributed by atoms with van der Waals surface area (Å²) in [5.74, 6) is -0.836. The smallest absolute Gasteiger partial charge is 0.321 e. The Bertz CT molecular complexity index is 112. The van der Waals surface area contributed by atoms with E-state index in [0.717, 1.165) is 0 Å². The molecule has 0 saturated heterocycles. The van der Waals surface area contributed by atoms with Gasteiger partial charge in [0, 0.05) is 0 Å². The highest BCUT2D eigenvalue weighted by Gasteiger charge is 2.10. The number of aliphatic carboxylic acids is 1. The fourth-order valence-corrected chi connectivity index (χ4v) is 0.509. The van der Waals surface area contributed by atoms with Gasteiger partial charge in [0.1, 0.15) is 6.04 Å². The van der Waals surface area contributed by atoms with Crippen LogP contribution in [0.25, 0.3) is 0 Å². The van der Waals surface area contributed by atoms with Gasteiger partial charge in [-0.2, -0.15) is 0 Å². The van der Waals surface area contributed by atoms with Crippen LogP contribution in [-0.2, 0) is 4.79 Å². The van der Waals surface area contributed by atoms with Crippen molar-refractivity contribution < 1.29 is 9.90 Å². The van der Waals surface area contributed by atoms with Gasteiger partial charge in [0.2, 0.25) is 0 Å². The molecule has 0 rings (SSSR count). The van der Waals surface area contributed by atoms with Gasteiger partial charge in [0.05, 0.1) is 0 Å². The lowest BCUT2D eigenvalue weighted by molar-refractivity contribution is -0.139. The van der Waals surface area contributed by atoms with Gasteiger partial charge in [-0.25, -0.2) is 0 Å². The standard InChI is InChI=1S/C6H11NO2/c1-3-4-5(7-2)6(8)9/h3,5,7H,1,4H2,2H3,(H,8,9)/t5-/m0/s1. The van der Waals surface area contributed by atoms with E-state index in [1.54, 1.807) is 13.1 Å². The van der Waals surface area contributed by atoms with E-state index in [0.29, 0.717) is 6.42 Å². The molecule has 0 aromatic heterocycles. The van der Waals surface area contributed by atoms with Crippen LogP contribution < -0.4 is 5.32 Å². The lowest BCUT2D eigenvalue weighted by Gasteiger charge is -2.05. The predicted molar refractivity (Wildman–Crippen MR) is 35.3 cm³/mol. The summed E-state index contributed by atoms with van der Waals surface area (Å²) in [7, 11) is 1.61. The molecule has 0 radical (unpaired) electrons. The van der Waals surface area contributed by atoms with Gasteiger partial charge in [0.25, 0.3) is 0 Å². The number of rotatable bonds is 4. The maximum absolute atomic E-state index is 10.2. The van der Waals surface area contributed by atoms with Gasteiger partial charge >= 0.3 is 5.97 Å². The molecule has 0 aromatic carbocycles. The van der Waals surface area contributed by atoms with E-state index in [-0.39, 0.29) is 0 Å². The Balaban J connectivity index is 3.67. The fourth-order valence-electron chi connectivity index (χ4n) is 0.509. The topological polar surface area (TPSA) is 49.3 Å². The maximum atomic E-state index is 10.2. The molecule has 0 aliphatic rings. The summed E-state index contributed by atoms with van der Waals surface area (Å²) in [6, 6.07) is -0.484. The molecule has 52 valence electrons. The van der Waals surface area contributed by atoms with E-state index < -0.39 is 12.0 Å². The van der Waals surface area contributed by atoms with E-state index in [2.05, 4.69) is 11.9 Å². The molecule has 0 bridgehead atoms. The van der Waals surface area contributed by atoms with E-state index in [1.807, 2.05) is 0 Å². The Hall–Kier alpha value is -0.830. The summed E-state index contributed by atoms with van der Waals surface area (Å²) in [6.45, 7) is 3.43. The molecule has 0 saturated carbocycles. The molecule has 2 N–H and O–H groups in total.